The van der Waals surface area contributed by atoms with E-state index in [0.717, 1.165) is 0 Å². The topological polar surface area (TPSA) is 52.6 Å². The van der Waals surface area contributed by atoms with Gasteiger partial charge in [0.2, 0.25) is 0 Å². The number of benzene rings is 1. The zero-order valence-electron chi connectivity index (χ0n) is 11.4. The van der Waals surface area contributed by atoms with Gasteiger partial charge in [0.05, 0.1) is 18.1 Å². The summed E-state index contributed by atoms with van der Waals surface area (Å²) >= 11 is 0. The lowest BCUT2D eigenvalue weighted by atomic mass is 9.97. The molecule has 18 heavy (non-hydrogen) atoms. The van der Waals surface area contributed by atoms with E-state index in [4.69, 9.17) is 9.47 Å². The fourth-order valence-corrected chi connectivity index (χ4v) is 1.29. The fourth-order valence-electron chi connectivity index (χ4n) is 1.29. The maximum absolute atomic E-state index is 11.7. The molecule has 0 saturated heterocycles. The van der Waals surface area contributed by atoms with Crippen LogP contribution in [-0.2, 0) is 4.79 Å². The predicted molar refractivity (Wildman–Crippen MR) is 68.1 cm³/mol. The van der Waals surface area contributed by atoms with E-state index in [1.54, 1.807) is 32.9 Å². The molecule has 0 aliphatic rings. The van der Waals surface area contributed by atoms with Gasteiger partial charge in [-0.1, -0.05) is 0 Å². The monoisotopic (exact) mass is 250 g/mol. The number of carbonyl (C=O) groups is 2. The summed E-state index contributed by atoms with van der Waals surface area (Å²) in [5.41, 5.74) is -0.187. The van der Waals surface area contributed by atoms with Gasteiger partial charge >= 0.3 is 5.97 Å². The molecule has 0 aliphatic carbocycles. The summed E-state index contributed by atoms with van der Waals surface area (Å²) in [7, 11) is 1.49. The lowest BCUT2D eigenvalue weighted by Gasteiger charge is -2.17. The molecule has 0 unspecified atom stereocenters. The van der Waals surface area contributed by atoms with E-state index in [-0.39, 0.29) is 11.8 Å². The van der Waals surface area contributed by atoms with E-state index in [9.17, 15) is 9.59 Å². The molecule has 1 rings (SSSR count). The third kappa shape index (κ3) is 3.32. The molecule has 0 bridgehead atoms. The van der Waals surface area contributed by atoms with Gasteiger partial charge < -0.3 is 9.47 Å². The molecule has 0 heterocycles. The summed E-state index contributed by atoms with van der Waals surface area (Å²) < 4.78 is 10.3. The van der Waals surface area contributed by atoms with E-state index < -0.39 is 5.41 Å². The number of esters is 1. The average Bonchev–Trinajstić information content (AvgIpc) is 2.27. The van der Waals surface area contributed by atoms with Crippen LogP contribution in [0.1, 0.15) is 38.1 Å². The van der Waals surface area contributed by atoms with Gasteiger partial charge in [-0.2, -0.15) is 0 Å². The first-order chi connectivity index (χ1) is 8.25. The first-order valence-electron chi connectivity index (χ1n) is 5.67. The molecule has 0 amide bonds. The Balaban J connectivity index is 3.03. The fraction of sp³-hybridized carbons (Fsp3) is 0.429. The molecule has 98 valence electrons. The maximum Gasteiger partial charge on any atom is 0.316 e. The number of ketones is 1. The second-order valence-corrected chi connectivity index (χ2v) is 5.06. The lowest BCUT2D eigenvalue weighted by molar-refractivity contribution is -0.143. The van der Waals surface area contributed by atoms with Crippen molar-refractivity contribution in [2.24, 2.45) is 5.41 Å². The number of rotatable bonds is 3. The molecule has 0 fully saturated rings. The van der Waals surface area contributed by atoms with Crippen molar-refractivity contribution in [3.05, 3.63) is 23.8 Å². The van der Waals surface area contributed by atoms with E-state index in [1.807, 2.05) is 0 Å². The summed E-state index contributed by atoms with van der Waals surface area (Å²) in [6.45, 7) is 6.74. The number of ether oxygens (including phenoxy) is 2. The Labute approximate surface area is 107 Å². The van der Waals surface area contributed by atoms with Crippen molar-refractivity contribution in [2.45, 2.75) is 27.7 Å². The van der Waals surface area contributed by atoms with Crippen LogP contribution in [0.4, 0.5) is 0 Å². The highest BCUT2D eigenvalue weighted by Gasteiger charge is 2.24. The van der Waals surface area contributed by atoms with Crippen LogP contribution in [0.15, 0.2) is 18.2 Å². The Morgan fingerprint density at radius 2 is 1.78 bits per heavy atom. The minimum atomic E-state index is -0.587. The second-order valence-electron chi connectivity index (χ2n) is 5.06. The number of Topliss-reactive ketones (excluding diaryl/α,β-unsaturated/α-hetero) is 1. The van der Waals surface area contributed by atoms with Crippen molar-refractivity contribution < 1.29 is 19.1 Å². The van der Waals surface area contributed by atoms with Gasteiger partial charge in [-0.15, -0.1) is 0 Å². The molecular formula is C14H18O4. The third-order valence-electron chi connectivity index (χ3n) is 2.37. The van der Waals surface area contributed by atoms with E-state index >= 15 is 0 Å². The molecule has 4 nitrogen and oxygen atoms in total. The van der Waals surface area contributed by atoms with Crippen LogP contribution >= 0.6 is 0 Å². The molecule has 0 aliphatic heterocycles. The van der Waals surface area contributed by atoms with Crippen molar-refractivity contribution in [1.29, 1.82) is 0 Å². The predicted octanol–water partition coefficient (Wildman–Crippen LogP) is 2.85. The SMILES string of the molecule is COc1ccc(OC(=O)C(C)(C)C)cc1C(C)=O. The van der Waals surface area contributed by atoms with Crippen LogP contribution in [0.25, 0.3) is 0 Å². The standard InChI is InChI=1S/C14H18O4/c1-9(15)11-8-10(6-7-12(11)17-5)18-13(16)14(2,3)4/h6-8H,1-5H3. The largest absolute Gasteiger partial charge is 0.496 e. The van der Waals surface area contributed by atoms with Crippen LogP contribution in [0.2, 0.25) is 0 Å². The number of methoxy groups -OCH3 is 1. The van der Waals surface area contributed by atoms with Crippen molar-refractivity contribution in [3.63, 3.8) is 0 Å². The Morgan fingerprint density at radius 1 is 1.17 bits per heavy atom. The Bertz CT molecular complexity index is 469. The van der Waals surface area contributed by atoms with Gasteiger partial charge in [0.25, 0.3) is 0 Å². The number of carbonyl (C=O) groups excluding carboxylic acids is 2. The van der Waals surface area contributed by atoms with Gasteiger partial charge in [-0.05, 0) is 45.9 Å². The maximum atomic E-state index is 11.7. The second kappa shape index (κ2) is 5.21. The Hall–Kier alpha value is -1.84. The Kier molecular flexibility index (Phi) is 4.11. The molecule has 1 aromatic carbocycles. The summed E-state index contributed by atoms with van der Waals surface area (Å²) in [5, 5.41) is 0. The quantitative estimate of drug-likeness (QED) is 0.470. The van der Waals surface area contributed by atoms with Gasteiger partial charge in [-0.3, -0.25) is 9.59 Å². The van der Waals surface area contributed by atoms with Crippen molar-refractivity contribution in [3.8, 4) is 11.5 Å². The molecule has 1 aromatic rings. The minimum absolute atomic E-state index is 0.138. The molecule has 4 heteroatoms. The van der Waals surface area contributed by atoms with E-state index in [0.29, 0.717) is 17.1 Å². The first-order valence-corrected chi connectivity index (χ1v) is 5.67. The van der Waals surface area contributed by atoms with Crippen LogP contribution in [0.3, 0.4) is 0 Å². The molecule has 0 spiro atoms. The van der Waals surface area contributed by atoms with Crippen molar-refractivity contribution in [2.75, 3.05) is 7.11 Å². The van der Waals surface area contributed by atoms with Crippen LogP contribution in [-0.4, -0.2) is 18.9 Å². The lowest BCUT2D eigenvalue weighted by Crippen LogP contribution is -2.25. The molecule has 0 radical (unpaired) electrons. The minimum Gasteiger partial charge on any atom is -0.496 e. The average molecular weight is 250 g/mol. The van der Waals surface area contributed by atoms with Gasteiger partial charge in [-0.25, -0.2) is 0 Å². The van der Waals surface area contributed by atoms with Gasteiger partial charge in [0, 0.05) is 0 Å². The number of hydrogen-bond acceptors (Lipinski definition) is 4. The van der Waals surface area contributed by atoms with Gasteiger partial charge in [0.1, 0.15) is 11.5 Å². The highest BCUT2D eigenvalue weighted by atomic mass is 16.5. The Morgan fingerprint density at radius 3 is 2.22 bits per heavy atom. The summed E-state index contributed by atoms with van der Waals surface area (Å²) in [4.78, 5) is 23.2. The summed E-state index contributed by atoms with van der Waals surface area (Å²) in [5.74, 6) is 0.335. The highest BCUT2D eigenvalue weighted by molar-refractivity contribution is 5.97. The third-order valence-corrected chi connectivity index (χ3v) is 2.37. The summed E-state index contributed by atoms with van der Waals surface area (Å²) in [6.07, 6.45) is 0. The van der Waals surface area contributed by atoms with Crippen molar-refractivity contribution >= 4 is 11.8 Å². The molecular weight excluding hydrogens is 232 g/mol. The van der Waals surface area contributed by atoms with Crippen molar-refractivity contribution in [1.82, 2.24) is 0 Å². The van der Waals surface area contributed by atoms with Gasteiger partial charge in [0.15, 0.2) is 5.78 Å². The van der Waals surface area contributed by atoms with E-state index in [1.165, 1.54) is 20.1 Å². The van der Waals surface area contributed by atoms with Crippen LogP contribution < -0.4 is 9.47 Å². The zero-order valence-corrected chi connectivity index (χ0v) is 11.4. The normalized spacial score (nSPS) is 10.9. The van der Waals surface area contributed by atoms with Crippen LogP contribution in [0.5, 0.6) is 11.5 Å². The van der Waals surface area contributed by atoms with Crippen LogP contribution in [0, 0.1) is 5.41 Å². The molecule has 0 N–H and O–H groups in total. The molecule has 0 saturated carbocycles. The summed E-state index contributed by atoms with van der Waals surface area (Å²) in [6, 6.07) is 4.74. The smallest absolute Gasteiger partial charge is 0.316 e. The number of hydrogen-bond donors (Lipinski definition) is 0. The zero-order chi connectivity index (χ0) is 13.9. The first kappa shape index (κ1) is 14.2. The molecule has 0 atom stereocenters. The molecule has 0 aromatic heterocycles. The van der Waals surface area contributed by atoms with E-state index in [2.05, 4.69) is 0 Å². The highest BCUT2D eigenvalue weighted by Crippen LogP contribution is 2.26.